The summed E-state index contributed by atoms with van der Waals surface area (Å²) >= 11 is 0. The van der Waals surface area contributed by atoms with E-state index in [0.717, 1.165) is 18.7 Å². The summed E-state index contributed by atoms with van der Waals surface area (Å²) in [6.07, 6.45) is 0.962. The average Bonchev–Trinajstić information content (AvgIpc) is 2.41. The SMILES string of the molecule is CC(C)CN(CCC#N)C(CC#N)c1ccccc1. The van der Waals surface area contributed by atoms with E-state index in [9.17, 15) is 0 Å². The molecule has 0 aromatic heterocycles. The van der Waals surface area contributed by atoms with Gasteiger partial charge >= 0.3 is 0 Å². The van der Waals surface area contributed by atoms with E-state index >= 15 is 0 Å². The van der Waals surface area contributed by atoms with Crippen LogP contribution in [0.5, 0.6) is 0 Å². The van der Waals surface area contributed by atoms with Gasteiger partial charge in [-0.05, 0) is 11.5 Å². The molecule has 3 nitrogen and oxygen atoms in total. The highest BCUT2D eigenvalue weighted by Crippen LogP contribution is 2.25. The molecule has 0 heterocycles. The van der Waals surface area contributed by atoms with Crippen molar-refractivity contribution in [2.45, 2.75) is 32.7 Å². The Morgan fingerprint density at radius 2 is 1.79 bits per heavy atom. The lowest BCUT2D eigenvalue weighted by Gasteiger charge is -2.31. The normalized spacial score (nSPS) is 12.1. The molecular weight excluding hydrogens is 234 g/mol. The van der Waals surface area contributed by atoms with Crippen LogP contribution >= 0.6 is 0 Å². The molecule has 0 N–H and O–H groups in total. The fourth-order valence-corrected chi connectivity index (χ4v) is 2.26. The molecular formula is C16H21N3. The molecule has 1 aromatic carbocycles. The zero-order valence-electron chi connectivity index (χ0n) is 11.7. The van der Waals surface area contributed by atoms with E-state index in [0.29, 0.717) is 18.8 Å². The zero-order valence-corrected chi connectivity index (χ0v) is 11.7. The van der Waals surface area contributed by atoms with Gasteiger partial charge in [0.2, 0.25) is 0 Å². The first-order valence-corrected chi connectivity index (χ1v) is 6.72. The molecule has 0 aliphatic rings. The van der Waals surface area contributed by atoms with Gasteiger partial charge in [-0.25, -0.2) is 0 Å². The molecule has 0 aliphatic carbocycles. The van der Waals surface area contributed by atoms with Crippen molar-refractivity contribution in [1.82, 2.24) is 4.90 Å². The van der Waals surface area contributed by atoms with Crippen molar-refractivity contribution in [1.29, 1.82) is 10.5 Å². The van der Waals surface area contributed by atoms with Crippen LogP contribution in [0.15, 0.2) is 30.3 Å². The molecule has 100 valence electrons. The molecule has 0 spiro atoms. The van der Waals surface area contributed by atoms with Crippen LogP contribution in [0.2, 0.25) is 0 Å². The summed E-state index contributed by atoms with van der Waals surface area (Å²) in [4.78, 5) is 2.26. The Balaban J connectivity index is 2.92. The van der Waals surface area contributed by atoms with Crippen molar-refractivity contribution in [2.24, 2.45) is 5.92 Å². The van der Waals surface area contributed by atoms with Gasteiger partial charge in [-0.2, -0.15) is 10.5 Å². The van der Waals surface area contributed by atoms with Crippen molar-refractivity contribution in [3.8, 4) is 12.1 Å². The summed E-state index contributed by atoms with van der Waals surface area (Å²) in [7, 11) is 0. The Morgan fingerprint density at radius 3 is 2.32 bits per heavy atom. The summed E-state index contributed by atoms with van der Waals surface area (Å²) in [6.45, 7) is 5.94. The van der Waals surface area contributed by atoms with E-state index in [-0.39, 0.29) is 6.04 Å². The van der Waals surface area contributed by atoms with Crippen molar-refractivity contribution < 1.29 is 0 Å². The third-order valence-corrected chi connectivity index (χ3v) is 3.02. The lowest BCUT2D eigenvalue weighted by Crippen LogP contribution is -2.33. The standard InChI is InChI=1S/C16H21N3/c1-14(2)13-19(12-6-10-17)16(9-11-18)15-7-4-3-5-8-15/h3-5,7-8,14,16H,6,9,12-13H2,1-2H3. The molecule has 0 radical (unpaired) electrons. The third kappa shape index (κ3) is 5.12. The maximum atomic E-state index is 9.06. The fraction of sp³-hybridized carbons (Fsp3) is 0.500. The van der Waals surface area contributed by atoms with Gasteiger partial charge in [0, 0.05) is 25.6 Å². The highest BCUT2D eigenvalue weighted by molar-refractivity contribution is 5.20. The smallest absolute Gasteiger partial charge is 0.0641 e. The van der Waals surface area contributed by atoms with Crippen LogP contribution < -0.4 is 0 Å². The maximum Gasteiger partial charge on any atom is 0.0641 e. The first-order valence-electron chi connectivity index (χ1n) is 6.72. The maximum absolute atomic E-state index is 9.06. The predicted molar refractivity (Wildman–Crippen MR) is 76.1 cm³/mol. The predicted octanol–water partition coefficient (Wildman–Crippen LogP) is 3.51. The molecule has 0 fully saturated rings. The second-order valence-corrected chi connectivity index (χ2v) is 5.09. The molecule has 1 atom stereocenters. The average molecular weight is 255 g/mol. The number of nitriles is 2. The zero-order chi connectivity index (χ0) is 14.1. The molecule has 19 heavy (non-hydrogen) atoms. The number of nitrogens with zero attached hydrogens (tertiary/aromatic N) is 3. The summed E-state index contributed by atoms with van der Waals surface area (Å²) < 4.78 is 0. The topological polar surface area (TPSA) is 50.8 Å². The van der Waals surface area contributed by atoms with Crippen LogP contribution in [0.3, 0.4) is 0 Å². The fourth-order valence-electron chi connectivity index (χ4n) is 2.26. The van der Waals surface area contributed by atoms with E-state index in [4.69, 9.17) is 10.5 Å². The van der Waals surface area contributed by atoms with Gasteiger partial charge in [0.1, 0.15) is 0 Å². The second-order valence-electron chi connectivity index (χ2n) is 5.09. The summed E-state index contributed by atoms with van der Waals surface area (Å²) in [5.41, 5.74) is 1.16. The number of benzene rings is 1. The number of hydrogen-bond donors (Lipinski definition) is 0. The minimum Gasteiger partial charge on any atom is -0.294 e. The van der Waals surface area contributed by atoms with Crippen molar-refractivity contribution in [2.75, 3.05) is 13.1 Å². The number of rotatable bonds is 7. The molecule has 0 saturated heterocycles. The van der Waals surface area contributed by atoms with Gasteiger partial charge in [0.15, 0.2) is 0 Å². The summed E-state index contributed by atoms with van der Waals surface area (Å²) in [5, 5.41) is 17.9. The van der Waals surface area contributed by atoms with Crippen molar-refractivity contribution >= 4 is 0 Å². The van der Waals surface area contributed by atoms with Gasteiger partial charge in [0.05, 0.1) is 18.6 Å². The van der Waals surface area contributed by atoms with Crippen molar-refractivity contribution in [3.05, 3.63) is 35.9 Å². The minimum atomic E-state index is 0.0851. The summed E-state index contributed by atoms with van der Waals surface area (Å²) in [5.74, 6) is 0.517. The lowest BCUT2D eigenvalue weighted by atomic mass is 10.0. The Kier molecular flexibility index (Phi) is 6.64. The van der Waals surface area contributed by atoms with Gasteiger partial charge in [0.25, 0.3) is 0 Å². The van der Waals surface area contributed by atoms with Crippen LogP contribution in [0.25, 0.3) is 0 Å². The third-order valence-electron chi connectivity index (χ3n) is 3.02. The van der Waals surface area contributed by atoms with E-state index in [1.165, 1.54) is 0 Å². The van der Waals surface area contributed by atoms with Crippen LogP contribution in [0.4, 0.5) is 0 Å². The molecule has 0 saturated carbocycles. The molecule has 3 heteroatoms. The molecule has 1 unspecified atom stereocenters. The highest BCUT2D eigenvalue weighted by atomic mass is 15.2. The molecule has 1 rings (SSSR count). The summed E-state index contributed by atoms with van der Waals surface area (Å²) in [6, 6.07) is 14.6. The lowest BCUT2D eigenvalue weighted by molar-refractivity contribution is 0.181. The van der Waals surface area contributed by atoms with Gasteiger partial charge < -0.3 is 0 Å². The Bertz CT molecular complexity index is 439. The molecule has 1 aromatic rings. The first kappa shape index (κ1) is 15.2. The minimum absolute atomic E-state index is 0.0851. The Morgan fingerprint density at radius 1 is 1.11 bits per heavy atom. The van der Waals surface area contributed by atoms with Crippen molar-refractivity contribution in [3.63, 3.8) is 0 Å². The largest absolute Gasteiger partial charge is 0.294 e. The van der Waals surface area contributed by atoms with E-state index in [2.05, 4.69) is 43.0 Å². The van der Waals surface area contributed by atoms with Crippen LogP contribution in [0, 0.1) is 28.6 Å². The van der Waals surface area contributed by atoms with Gasteiger partial charge in [-0.1, -0.05) is 44.2 Å². The molecule has 0 bridgehead atoms. The van der Waals surface area contributed by atoms with Crippen LogP contribution in [-0.2, 0) is 0 Å². The Hall–Kier alpha value is -1.84. The van der Waals surface area contributed by atoms with E-state index in [1.807, 2.05) is 18.2 Å². The Labute approximate surface area is 116 Å². The van der Waals surface area contributed by atoms with E-state index < -0.39 is 0 Å². The molecule has 0 amide bonds. The molecule has 0 aliphatic heterocycles. The first-order chi connectivity index (χ1) is 9.19. The van der Waals surface area contributed by atoms with E-state index in [1.54, 1.807) is 0 Å². The quantitative estimate of drug-likeness (QED) is 0.749. The van der Waals surface area contributed by atoms with Gasteiger partial charge in [-0.3, -0.25) is 4.90 Å². The number of hydrogen-bond acceptors (Lipinski definition) is 3. The monoisotopic (exact) mass is 255 g/mol. The second kappa shape index (κ2) is 8.29. The van der Waals surface area contributed by atoms with Crippen LogP contribution in [0.1, 0.15) is 38.3 Å². The van der Waals surface area contributed by atoms with Crippen LogP contribution in [-0.4, -0.2) is 18.0 Å². The highest BCUT2D eigenvalue weighted by Gasteiger charge is 2.20. The van der Waals surface area contributed by atoms with Gasteiger partial charge in [-0.15, -0.1) is 0 Å².